The lowest BCUT2D eigenvalue weighted by Gasteiger charge is -2.09. The highest BCUT2D eigenvalue weighted by Crippen LogP contribution is 2.27. The van der Waals surface area contributed by atoms with Gasteiger partial charge in [0.2, 0.25) is 0 Å². The van der Waals surface area contributed by atoms with Crippen molar-refractivity contribution in [2.45, 2.75) is 12.7 Å². The minimum absolute atomic E-state index is 0.0679. The van der Waals surface area contributed by atoms with Crippen LogP contribution < -0.4 is 4.74 Å². The molecule has 0 N–H and O–H groups in total. The molecule has 0 aromatic heterocycles. The van der Waals surface area contributed by atoms with Gasteiger partial charge in [-0.25, -0.2) is 0 Å². The molecular formula is C13H17BrO3S. The van der Waals surface area contributed by atoms with E-state index in [-0.39, 0.29) is 11.9 Å². The summed E-state index contributed by atoms with van der Waals surface area (Å²) in [5.41, 5.74) is 1.20. The SMILES string of the molecule is COC(=O)C(C)CSCc1ccc(OC)c(Br)c1. The van der Waals surface area contributed by atoms with Crippen LogP contribution in [0.5, 0.6) is 5.75 Å². The number of rotatable bonds is 6. The van der Waals surface area contributed by atoms with E-state index in [0.29, 0.717) is 0 Å². The van der Waals surface area contributed by atoms with Crippen LogP contribution in [0.15, 0.2) is 22.7 Å². The maximum Gasteiger partial charge on any atom is 0.309 e. The molecule has 0 bridgehead atoms. The van der Waals surface area contributed by atoms with E-state index >= 15 is 0 Å². The smallest absolute Gasteiger partial charge is 0.309 e. The molecule has 1 atom stereocenters. The molecule has 0 aliphatic carbocycles. The third-order valence-electron chi connectivity index (χ3n) is 2.46. The number of esters is 1. The zero-order chi connectivity index (χ0) is 13.5. The van der Waals surface area contributed by atoms with Gasteiger partial charge in [0, 0.05) is 11.5 Å². The molecule has 5 heteroatoms. The lowest BCUT2D eigenvalue weighted by Crippen LogP contribution is -2.14. The molecule has 18 heavy (non-hydrogen) atoms. The largest absolute Gasteiger partial charge is 0.496 e. The van der Waals surface area contributed by atoms with E-state index in [2.05, 4.69) is 20.7 Å². The number of carbonyl (C=O) groups excluding carboxylic acids is 1. The number of methoxy groups -OCH3 is 2. The summed E-state index contributed by atoms with van der Waals surface area (Å²) < 4.78 is 10.8. The van der Waals surface area contributed by atoms with Gasteiger partial charge in [-0.1, -0.05) is 13.0 Å². The minimum Gasteiger partial charge on any atom is -0.496 e. The van der Waals surface area contributed by atoms with E-state index in [1.165, 1.54) is 12.7 Å². The van der Waals surface area contributed by atoms with Gasteiger partial charge < -0.3 is 9.47 Å². The lowest BCUT2D eigenvalue weighted by atomic mass is 10.2. The average molecular weight is 333 g/mol. The van der Waals surface area contributed by atoms with Crippen molar-refractivity contribution in [2.75, 3.05) is 20.0 Å². The second-order valence-electron chi connectivity index (χ2n) is 3.91. The molecule has 0 heterocycles. The van der Waals surface area contributed by atoms with Gasteiger partial charge in [0.15, 0.2) is 0 Å². The molecule has 0 saturated heterocycles. The number of halogens is 1. The second kappa shape index (κ2) is 7.69. The molecule has 0 fully saturated rings. The summed E-state index contributed by atoms with van der Waals surface area (Å²) in [7, 11) is 3.07. The molecule has 1 aromatic rings. The summed E-state index contributed by atoms with van der Waals surface area (Å²) in [4.78, 5) is 11.2. The molecule has 0 spiro atoms. The van der Waals surface area contributed by atoms with E-state index in [0.717, 1.165) is 21.7 Å². The Bertz CT molecular complexity index is 409. The van der Waals surface area contributed by atoms with Crippen LogP contribution in [0.25, 0.3) is 0 Å². The van der Waals surface area contributed by atoms with Gasteiger partial charge in [0.05, 0.1) is 24.6 Å². The van der Waals surface area contributed by atoms with Gasteiger partial charge in [-0.05, 0) is 33.6 Å². The zero-order valence-electron chi connectivity index (χ0n) is 10.7. The van der Waals surface area contributed by atoms with Crippen molar-refractivity contribution >= 4 is 33.7 Å². The predicted octanol–water partition coefficient (Wildman–Crippen LogP) is 3.50. The van der Waals surface area contributed by atoms with Crippen LogP contribution in [-0.2, 0) is 15.3 Å². The van der Waals surface area contributed by atoms with Crippen molar-refractivity contribution in [2.24, 2.45) is 5.92 Å². The molecule has 0 radical (unpaired) electrons. The normalized spacial score (nSPS) is 12.0. The summed E-state index contributed by atoms with van der Waals surface area (Å²) in [6.07, 6.45) is 0. The third kappa shape index (κ3) is 4.53. The topological polar surface area (TPSA) is 35.5 Å². The number of carbonyl (C=O) groups is 1. The Morgan fingerprint density at radius 2 is 2.17 bits per heavy atom. The fraction of sp³-hybridized carbons (Fsp3) is 0.462. The first-order valence-electron chi connectivity index (χ1n) is 5.56. The minimum atomic E-state index is -0.154. The molecule has 0 amide bonds. The second-order valence-corrected chi connectivity index (χ2v) is 5.79. The van der Waals surface area contributed by atoms with E-state index in [1.807, 2.05) is 25.1 Å². The van der Waals surface area contributed by atoms with Gasteiger partial charge in [-0.3, -0.25) is 4.79 Å². The van der Waals surface area contributed by atoms with Crippen molar-refractivity contribution in [3.63, 3.8) is 0 Å². The molecule has 0 aliphatic rings. The van der Waals surface area contributed by atoms with Crippen molar-refractivity contribution < 1.29 is 14.3 Å². The Morgan fingerprint density at radius 3 is 2.72 bits per heavy atom. The zero-order valence-corrected chi connectivity index (χ0v) is 13.1. The predicted molar refractivity (Wildman–Crippen MR) is 78.0 cm³/mol. The summed E-state index contributed by atoms with van der Waals surface area (Å²) in [5, 5.41) is 0. The molecule has 0 aliphatic heterocycles. The fourth-order valence-electron chi connectivity index (χ4n) is 1.42. The summed E-state index contributed by atoms with van der Waals surface area (Å²) in [6, 6.07) is 6.00. The molecule has 100 valence electrons. The summed E-state index contributed by atoms with van der Waals surface area (Å²) in [6.45, 7) is 1.88. The van der Waals surface area contributed by atoms with Gasteiger partial charge in [-0.2, -0.15) is 11.8 Å². The fourth-order valence-corrected chi connectivity index (χ4v) is 3.03. The first-order chi connectivity index (χ1) is 8.58. The van der Waals surface area contributed by atoms with Crippen LogP contribution in [0.2, 0.25) is 0 Å². The molecule has 0 saturated carbocycles. The number of ether oxygens (including phenoxy) is 2. The van der Waals surface area contributed by atoms with Gasteiger partial charge in [0.1, 0.15) is 5.75 Å². The van der Waals surface area contributed by atoms with Gasteiger partial charge in [0.25, 0.3) is 0 Å². The standard InChI is InChI=1S/C13H17BrO3S/c1-9(13(15)17-3)7-18-8-10-4-5-12(16-2)11(14)6-10/h4-6,9H,7-8H2,1-3H3. The number of hydrogen-bond acceptors (Lipinski definition) is 4. The Kier molecular flexibility index (Phi) is 6.57. The van der Waals surface area contributed by atoms with Crippen LogP contribution in [-0.4, -0.2) is 25.9 Å². The Balaban J connectivity index is 2.44. The highest BCUT2D eigenvalue weighted by Gasteiger charge is 2.12. The van der Waals surface area contributed by atoms with Gasteiger partial charge in [-0.15, -0.1) is 0 Å². The van der Waals surface area contributed by atoms with Crippen LogP contribution >= 0.6 is 27.7 Å². The van der Waals surface area contributed by atoms with E-state index in [4.69, 9.17) is 4.74 Å². The van der Waals surface area contributed by atoms with E-state index < -0.39 is 0 Å². The quantitative estimate of drug-likeness (QED) is 0.747. The van der Waals surface area contributed by atoms with Crippen molar-refractivity contribution in [3.8, 4) is 5.75 Å². The monoisotopic (exact) mass is 332 g/mol. The lowest BCUT2D eigenvalue weighted by molar-refractivity contribution is -0.143. The molecule has 1 unspecified atom stereocenters. The van der Waals surface area contributed by atoms with Crippen molar-refractivity contribution in [1.29, 1.82) is 0 Å². The number of benzene rings is 1. The Hall–Kier alpha value is -0.680. The third-order valence-corrected chi connectivity index (χ3v) is 4.35. The highest BCUT2D eigenvalue weighted by atomic mass is 79.9. The van der Waals surface area contributed by atoms with Crippen LogP contribution in [0.1, 0.15) is 12.5 Å². The molecule has 1 aromatic carbocycles. The van der Waals surface area contributed by atoms with Crippen molar-refractivity contribution in [3.05, 3.63) is 28.2 Å². The average Bonchev–Trinajstić information content (AvgIpc) is 2.37. The maximum atomic E-state index is 11.2. The Labute approximate surface area is 120 Å². The number of thioether (sulfide) groups is 1. The Morgan fingerprint density at radius 1 is 1.44 bits per heavy atom. The first-order valence-corrected chi connectivity index (χ1v) is 7.51. The molecule has 3 nitrogen and oxygen atoms in total. The first kappa shape index (κ1) is 15.4. The summed E-state index contributed by atoms with van der Waals surface area (Å²) in [5.74, 6) is 2.23. The van der Waals surface area contributed by atoms with Crippen LogP contribution in [0.4, 0.5) is 0 Å². The molecule has 1 rings (SSSR count). The highest BCUT2D eigenvalue weighted by molar-refractivity contribution is 9.10. The summed E-state index contributed by atoms with van der Waals surface area (Å²) >= 11 is 5.17. The molecular weight excluding hydrogens is 316 g/mol. The number of hydrogen-bond donors (Lipinski definition) is 0. The van der Waals surface area contributed by atoms with Crippen molar-refractivity contribution in [1.82, 2.24) is 0 Å². The van der Waals surface area contributed by atoms with Crippen LogP contribution in [0.3, 0.4) is 0 Å². The van der Waals surface area contributed by atoms with Gasteiger partial charge >= 0.3 is 5.97 Å². The van der Waals surface area contributed by atoms with E-state index in [1.54, 1.807) is 18.9 Å². The van der Waals surface area contributed by atoms with Crippen LogP contribution in [0, 0.1) is 5.92 Å². The maximum absolute atomic E-state index is 11.2. The van der Waals surface area contributed by atoms with E-state index in [9.17, 15) is 4.79 Å².